The van der Waals surface area contributed by atoms with Gasteiger partial charge in [-0.15, -0.1) is 0 Å². The number of hydrogen-bond acceptors (Lipinski definition) is 10. The van der Waals surface area contributed by atoms with Gasteiger partial charge in [-0.1, -0.05) is 50.3 Å². The molecule has 0 radical (unpaired) electrons. The molecule has 3 aromatic rings. The molecule has 0 amide bonds. The van der Waals surface area contributed by atoms with Crippen molar-refractivity contribution in [3.8, 4) is 45.6 Å². The molecule has 1 N–H and O–H groups in total. The summed E-state index contributed by atoms with van der Waals surface area (Å²) < 4.78 is 41.1. The Bertz CT molecular complexity index is 1690. The Hall–Kier alpha value is -5.12. The van der Waals surface area contributed by atoms with Gasteiger partial charge in [0, 0.05) is 45.7 Å². The van der Waals surface area contributed by atoms with Crippen LogP contribution in [0, 0.1) is 11.8 Å². The van der Waals surface area contributed by atoms with Crippen LogP contribution in [0.5, 0.6) is 34.5 Å². The van der Waals surface area contributed by atoms with Crippen molar-refractivity contribution in [1.82, 2.24) is 0 Å². The van der Waals surface area contributed by atoms with Gasteiger partial charge >= 0.3 is 11.9 Å². The van der Waals surface area contributed by atoms with E-state index in [0.29, 0.717) is 33.8 Å². The Labute approximate surface area is 268 Å². The predicted molar refractivity (Wildman–Crippen MR) is 170 cm³/mol. The van der Waals surface area contributed by atoms with Crippen LogP contribution in [0.2, 0.25) is 0 Å². The summed E-state index contributed by atoms with van der Waals surface area (Å²) in [6.07, 6.45) is 2.85. The lowest BCUT2D eigenvalue weighted by molar-refractivity contribution is -0.155. The van der Waals surface area contributed by atoms with Crippen LogP contribution in [0.4, 0.5) is 0 Å². The number of phenolic OH excluding ortho intramolecular Hbond substituents is 1. The average molecular weight is 631 g/mol. The van der Waals surface area contributed by atoms with E-state index >= 15 is 0 Å². The maximum Gasteiger partial charge on any atom is 0.333 e. The molecule has 1 heterocycles. The van der Waals surface area contributed by atoms with Gasteiger partial charge in [0.1, 0.15) is 12.2 Å². The number of phenols is 1. The molecule has 1 aliphatic carbocycles. The lowest BCUT2D eigenvalue weighted by atomic mass is 9.74. The van der Waals surface area contributed by atoms with Crippen molar-refractivity contribution in [2.24, 2.45) is 11.8 Å². The second kappa shape index (κ2) is 13.5. The maximum atomic E-state index is 13.4. The SMILES string of the molecule is CC=C(C)C(=O)OC1c2cc(OC)c(OC)c(O)c2-c2c(cc3c(c2OC)OCO3)C(OC(=O)C=Cc2ccccc2)C(C)C1C. The average Bonchev–Trinajstić information content (AvgIpc) is 3.55. The topological polar surface area (TPSA) is 119 Å². The highest BCUT2D eigenvalue weighted by Crippen LogP contribution is 2.60. The molecule has 1 aliphatic heterocycles. The van der Waals surface area contributed by atoms with Crippen LogP contribution in [0.25, 0.3) is 17.2 Å². The van der Waals surface area contributed by atoms with Crippen molar-refractivity contribution < 1.29 is 47.9 Å². The summed E-state index contributed by atoms with van der Waals surface area (Å²) in [4.78, 5) is 26.7. The van der Waals surface area contributed by atoms with Gasteiger partial charge in [0.15, 0.2) is 23.0 Å². The molecule has 0 spiro atoms. The van der Waals surface area contributed by atoms with Crippen molar-refractivity contribution in [2.75, 3.05) is 28.1 Å². The van der Waals surface area contributed by atoms with Crippen LogP contribution in [-0.2, 0) is 19.1 Å². The Kier molecular flexibility index (Phi) is 9.46. The van der Waals surface area contributed by atoms with E-state index in [2.05, 4.69) is 0 Å². The summed E-state index contributed by atoms with van der Waals surface area (Å²) in [5.74, 6) is -1.06. The molecule has 0 aromatic heterocycles. The predicted octanol–water partition coefficient (Wildman–Crippen LogP) is 6.95. The first-order chi connectivity index (χ1) is 22.1. The number of esters is 2. The number of ether oxygens (including phenoxy) is 7. The Morgan fingerprint density at radius 1 is 0.870 bits per heavy atom. The molecule has 0 saturated carbocycles. The minimum Gasteiger partial charge on any atom is -0.504 e. The highest BCUT2D eigenvalue weighted by Gasteiger charge is 2.44. The first kappa shape index (κ1) is 32.3. The zero-order valence-electron chi connectivity index (χ0n) is 26.9. The van der Waals surface area contributed by atoms with E-state index in [1.54, 1.807) is 38.1 Å². The molecule has 10 nitrogen and oxygen atoms in total. The molecule has 46 heavy (non-hydrogen) atoms. The molecule has 0 fully saturated rings. The van der Waals surface area contributed by atoms with Crippen LogP contribution in [0.15, 0.2) is 60.2 Å². The fourth-order valence-corrected chi connectivity index (χ4v) is 5.87. The third-order valence-electron chi connectivity index (χ3n) is 8.62. The van der Waals surface area contributed by atoms with E-state index in [1.807, 2.05) is 44.2 Å². The molecule has 4 unspecified atom stereocenters. The lowest BCUT2D eigenvalue weighted by Crippen LogP contribution is -2.31. The molecule has 5 rings (SSSR count). The smallest absolute Gasteiger partial charge is 0.333 e. The summed E-state index contributed by atoms with van der Waals surface area (Å²) in [7, 11) is 4.33. The summed E-state index contributed by atoms with van der Waals surface area (Å²) in [6.45, 7) is 7.17. The Balaban J connectivity index is 1.80. The highest BCUT2D eigenvalue weighted by molar-refractivity contribution is 5.91. The van der Waals surface area contributed by atoms with Gasteiger partial charge in [-0.25, -0.2) is 9.59 Å². The summed E-state index contributed by atoms with van der Waals surface area (Å²) >= 11 is 0. The van der Waals surface area contributed by atoms with Crippen molar-refractivity contribution in [3.63, 3.8) is 0 Å². The summed E-state index contributed by atoms with van der Waals surface area (Å²) in [6, 6.07) is 12.8. The van der Waals surface area contributed by atoms with Gasteiger partial charge in [-0.2, -0.15) is 0 Å². The van der Waals surface area contributed by atoms with E-state index in [0.717, 1.165) is 5.56 Å². The van der Waals surface area contributed by atoms with Crippen LogP contribution < -0.4 is 23.7 Å². The number of fused-ring (bicyclic) bond motifs is 4. The third-order valence-corrected chi connectivity index (χ3v) is 8.62. The first-order valence-corrected chi connectivity index (χ1v) is 14.9. The number of benzene rings is 3. The summed E-state index contributed by atoms with van der Waals surface area (Å²) in [5.41, 5.74) is 2.80. The number of aromatic hydroxyl groups is 1. The minimum atomic E-state index is -0.928. The van der Waals surface area contributed by atoms with Crippen LogP contribution in [-0.4, -0.2) is 45.2 Å². The molecule has 242 valence electrons. The normalized spacial score (nSPS) is 20.2. The Morgan fingerprint density at radius 2 is 1.52 bits per heavy atom. The summed E-state index contributed by atoms with van der Waals surface area (Å²) in [5, 5.41) is 11.9. The van der Waals surface area contributed by atoms with E-state index < -0.39 is 36.0 Å². The van der Waals surface area contributed by atoms with Crippen molar-refractivity contribution >= 4 is 18.0 Å². The van der Waals surface area contributed by atoms with Gasteiger partial charge in [-0.3, -0.25) is 0 Å². The minimum absolute atomic E-state index is 0.0571. The molecule has 0 bridgehead atoms. The van der Waals surface area contributed by atoms with Crippen molar-refractivity contribution in [1.29, 1.82) is 0 Å². The monoisotopic (exact) mass is 630 g/mol. The molecular formula is C36H38O10. The zero-order valence-corrected chi connectivity index (χ0v) is 26.9. The number of carbonyl (C=O) groups is 2. The number of carbonyl (C=O) groups excluding carboxylic acids is 2. The van der Waals surface area contributed by atoms with Crippen LogP contribution in [0.3, 0.4) is 0 Å². The van der Waals surface area contributed by atoms with Gasteiger partial charge < -0.3 is 38.3 Å². The van der Waals surface area contributed by atoms with E-state index in [9.17, 15) is 14.7 Å². The second-order valence-electron chi connectivity index (χ2n) is 11.2. The third kappa shape index (κ3) is 5.82. The number of rotatable bonds is 8. The number of allylic oxidation sites excluding steroid dienone is 1. The Morgan fingerprint density at radius 3 is 2.15 bits per heavy atom. The quantitative estimate of drug-likeness (QED) is 0.207. The van der Waals surface area contributed by atoms with E-state index in [1.165, 1.54) is 27.4 Å². The van der Waals surface area contributed by atoms with Gasteiger partial charge in [0.2, 0.25) is 18.3 Å². The number of hydrogen-bond donors (Lipinski definition) is 1. The molecule has 10 heteroatoms. The largest absolute Gasteiger partial charge is 0.504 e. The van der Waals surface area contributed by atoms with E-state index in [-0.39, 0.29) is 35.4 Å². The zero-order chi connectivity index (χ0) is 33.1. The fourth-order valence-electron chi connectivity index (χ4n) is 5.87. The number of methoxy groups -OCH3 is 3. The molecule has 0 saturated heterocycles. The fraction of sp³-hybridized carbons (Fsp3) is 0.333. The molecule has 2 aliphatic rings. The maximum absolute atomic E-state index is 13.4. The lowest BCUT2D eigenvalue weighted by Gasteiger charge is -2.38. The first-order valence-electron chi connectivity index (χ1n) is 14.9. The highest BCUT2D eigenvalue weighted by atomic mass is 16.7. The second-order valence-corrected chi connectivity index (χ2v) is 11.2. The standard InChI is InChI=1S/C36H38O10/c1-8-19(2)36(39)46-32-21(4)20(3)31(45-27(37)15-14-22-12-10-9-11-13-22)24-17-26-34(44-18-43-26)35(42-7)29(24)28-23(32)16-25(40-5)33(41-6)30(28)38/h8-17,20-21,31-32,38H,18H2,1-7H3. The van der Waals surface area contributed by atoms with Gasteiger partial charge in [0.25, 0.3) is 0 Å². The molecule has 3 aromatic carbocycles. The molecular weight excluding hydrogens is 592 g/mol. The van der Waals surface area contributed by atoms with Crippen LogP contribution in [0.1, 0.15) is 56.6 Å². The van der Waals surface area contributed by atoms with E-state index in [4.69, 9.17) is 33.2 Å². The van der Waals surface area contributed by atoms with Gasteiger partial charge in [-0.05, 0) is 37.6 Å². The van der Waals surface area contributed by atoms with Crippen molar-refractivity contribution in [2.45, 2.75) is 39.9 Å². The van der Waals surface area contributed by atoms with Crippen molar-refractivity contribution in [3.05, 3.63) is 76.9 Å². The van der Waals surface area contributed by atoms with Gasteiger partial charge in [0.05, 0.1) is 21.3 Å². The van der Waals surface area contributed by atoms with Crippen LogP contribution >= 0.6 is 0 Å². The molecule has 4 atom stereocenters.